The zero-order chi connectivity index (χ0) is 17.4. The van der Waals surface area contributed by atoms with Crippen molar-refractivity contribution in [1.82, 2.24) is 0 Å². The van der Waals surface area contributed by atoms with Crippen LogP contribution in [0.4, 0.5) is 10.5 Å². The highest BCUT2D eigenvalue weighted by Gasteiger charge is 2.51. The monoisotopic (exact) mass is 321 g/mol. The average Bonchev–Trinajstić information content (AvgIpc) is 2.34. The number of phenols is 1. The molecule has 0 atom stereocenters. The Hall–Kier alpha value is -2.57. The number of ether oxygens (including phenoxy) is 1. The second kappa shape index (κ2) is 5.57. The van der Waals surface area contributed by atoms with Crippen LogP contribution in [0.25, 0.3) is 0 Å². The number of aliphatic carboxylic acids is 1. The minimum Gasteiger partial charge on any atom is -0.506 e. The number of aromatic hydroxyl groups is 1. The van der Waals surface area contributed by atoms with Crippen molar-refractivity contribution in [3.63, 3.8) is 0 Å². The van der Waals surface area contributed by atoms with Gasteiger partial charge in [0.1, 0.15) is 22.5 Å². The highest BCUT2D eigenvalue weighted by atomic mass is 16.6. The molecule has 0 unspecified atom stereocenters. The molecule has 0 saturated heterocycles. The molecule has 1 saturated carbocycles. The van der Waals surface area contributed by atoms with E-state index >= 15 is 0 Å². The fourth-order valence-electron chi connectivity index (χ4n) is 2.45. The van der Waals surface area contributed by atoms with Crippen molar-refractivity contribution in [3.05, 3.63) is 23.8 Å². The topological polar surface area (TPSA) is 113 Å². The molecule has 2 rings (SSSR count). The van der Waals surface area contributed by atoms with Gasteiger partial charge in [0.15, 0.2) is 0 Å². The summed E-state index contributed by atoms with van der Waals surface area (Å²) >= 11 is 0. The van der Waals surface area contributed by atoms with Gasteiger partial charge in [-0.1, -0.05) is 6.07 Å². The molecule has 23 heavy (non-hydrogen) atoms. The maximum absolute atomic E-state index is 11.7. The van der Waals surface area contributed by atoms with Gasteiger partial charge in [-0.2, -0.15) is 0 Å². The first-order valence-electron chi connectivity index (χ1n) is 7.12. The summed E-state index contributed by atoms with van der Waals surface area (Å²) in [6, 6.07) is 4.13. The molecule has 1 aromatic rings. The van der Waals surface area contributed by atoms with Gasteiger partial charge in [-0.05, 0) is 38.5 Å². The van der Waals surface area contributed by atoms with Crippen molar-refractivity contribution in [2.24, 2.45) is 0 Å². The molecule has 1 aromatic carbocycles. The number of carboxylic acids is 1. The van der Waals surface area contributed by atoms with Crippen LogP contribution < -0.4 is 5.32 Å². The number of carbonyl (C=O) groups is 3. The highest BCUT2D eigenvalue weighted by Crippen LogP contribution is 2.43. The molecule has 0 radical (unpaired) electrons. The summed E-state index contributed by atoms with van der Waals surface area (Å²) in [5, 5.41) is 21.8. The van der Waals surface area contributed by atoms with Gasteiger partial charge in [-0.25, -0.2) is 4.79 Å². The molecular weight excluding hydrogens is 302 g/mol. The van der Waals surface area contributed by atoms with Crippen molar-refractivity contribution in [2.75, 3.05) is 5.32 Å². The molecule has 0 heterocycles. The molecule has 3 N–H and O–H groups in total. The maximum Gasteiger partial charge on any atom is 0.412 e. The minimum absolute atomic E-state index is 0.0966. The van der Waals surface area contributed by atoms with E-state index in [1.807, 2.05) is 0 Å². The predicted molar refractivity (Wildman–Crippen MR) is 81.5 cm³/mol. The van der Waals surface area contributed by atoms with Gasteiger partial charge >= 0.3 is 12.1 Å². The van der Waals surface area contributed by atoms with Gasteiger partial charge < -0.3 is 14.9 Å². The zero-order valence-corrected chi connectivity index (χ0v) is 13.2. The van der Waals surface area contributed by atoms with E-state index in [-0.39, 0.29) is 30.1 Å². The van der Waals surface area contributed by atoms with Gasteiger partial charge in [0.25, 0.3) is 0 Å². The van der Waals surface area contributed by atoms with Crippen LogP contribution in [-0.2, 0) is 19.7 Å². The molecule has 1 fully saturated rings. The fraction of sp³-hybridized carbons (Fsp3) is 0.438. The predicted octanol–water partition coefficient (Wildman–Crippen LogP) is 2.42. The molecule has 7 nitrogen and oxygen atoms in total. The normalized spacial score (nSPS) is 16.4. The standard InChI is InChI=1S/C16H19NO6/c1-15(2,3)23-14(22)17-11-5-4-9(6-12(11)19)16(13(20)21)7-10(18)8-16/h4-6,19H,7-8H2,1-3H3,(H,17,22)(H,20,21). The Kier molecular flexibility index (Phi) is 4.07. The molecule has 1 amide bonds. The lowest BCUT2D eigenvalue weighted by molar-refractivity contribution is -0.153. The van der Waals surface area contributed by atoms with Crippen LogP contribution in [0.5, 0.6) is 5.75 Å². The van der Waals surface area contributed by atoms with E-state index in [4.69, 9.17) is 4.74 Å². The summed E-state index contributed by atoms with van der Waals surface area (Å²) in [6.45, 7) is 5.12. The van der Waals surface area contributed by atoms with Crippen LogP contribution in [-0.4, -0.2) is 33.7 Å². The van der Waals surface area contributed by atoms with E-state index in [1.165, 1.54) is 18.2 Å². The minimum atomic E-state index is -1.29. The molecule has 0 aromatic heterocycles. The molecule has 0 bridgehead atoms. The van der Waals surface area contributed by atoms with Crippen LogP contribution in [0, 0.1) is 0 Å². The van der Waals surface area contributed by atoms with E-state index in [0.717, 1.165) is 0 Å². The van der Waals surface area contributed by atoms with Crippen molar-refractivity contribution in [1.29, 1.82) is 0 Å². The maximum atomic E-state index is 11.7. The van der Waals surface area contributed by atoms with Crippen LogP contribution >= 0.6 is 0 Å². The van der Waals surface area contributed by atoms with Crippen LogP contribution in [0.2, 0.25) is 0 Å². The first-order valence-corrected chi connectivity index (χ1v) is 7.12. The number of anilines is 1. The number of hydrogen-bond acceptors (Lipinski definition) is 5. The molecule has 0 spiro atoms. The molecule has 0 aliphatic heterocycles. The zero-order valence-electron chi connectivity index (χ0n) is 13.2. The average molecular weight is 321 g/mol. The second-order valence-corrected chi connectivity index (χ2v) is 6.64. The van der Waals surface area contributed by atoms with Crippen molar-refractivity contribution >= 4 is 23.5 Å². The Morgan fingerprint density at radius 2 is 1.87 bits per heavy atom. The quantitative estimate of drug-likeness (QED) is 0.737. The van der Waals surface area contributed by atoms with Crippen LogP contribution in [0.15, 0.2) is 18.2 Å². The molecule has 1 aliphatic rings. The first-order chi connectivity index (χ1) is 10.5. The Morgan fingerprint density at radius 3 is 2.30 bits per heavy atom. The fourth-order valence-corrected chi connectivity index (χ4v) is 2.45. The summed E-state index contributed by atoms with van der Waals surface area (Å²) in [4.78, 5) is 34.4. The Balaban J connectivity index is 2.20. The highest BCUT2D eigenvalue weighted by molar-refractivity contribution is 6.01. The number of nitrogens with one attached hydrogen (secondary N) is 1. The lowest BCUT2D eigenvalue weighted by Gasteiger charge is -2.36. The number of carbonyl (C=O) groups excluding carboxylic acids is 2. The van der Waals surface area contributed by atoms with E-state index < -0.39 is 23.1 Å². The van der Waals surface area contributed by atoms with E-state index in [2.05, 4.69) is 5.32 Å². The van der Waals surface area contributed by atoms with E-state index in [0.29, 0.717) is 5.56 Å². The van der Waals surface area contributed by atoms with Crippen molar-refractivity contribution in [2.45, 2.75) is 44.6 Å². The number of ketones is 1. The van der Waals surface area contributed by atoms with E-state index in [1.54, 1.807) is 20.8 Å². The second-order valence-electron chi connectivity index (χ2n) is 6.64. The molecule has 124 valence electrons. The van der Waals surface area contributed by atoms with Crippen LogP contribution in [0.1, 0.15) is 39.2 Å². The van der Waals surface area contributed by atoms with Crippen LogP contribution in [0.3, 0.4) is 0 Å². The largest absolute Gasteiger partial charge is 0.506 e. The third-order valence-corrected chi connectivity index (χ3v) is 3.59. The summed E-state index contributed by atoms with van der Waals surface area (Å²) in [7, 11) is 0. The lowest BCUT2D eigenvalue weighted by Crippen LogP contribution is -2.48. The third kappa shape index (κ3) is 3.44. The number of rotatable bonds is 3. The Morgan fingerprint density at radius 1 is 1.26 bits per heavy atom. The molecule has 7 heteroatoms. The number of carboxylic acid groups (broad SMARTS) is 1. The van der Waals surface area contributed by atoms with Gasteiger partial charge in [-0.15, -0.1) is 0 Å². The number of phenolic OH excluding ortho intramolecular Hbond substituents is 1. The third-order valence-electron chi connectivity index (χ3n) is 3.59. The van der Waals surface area contributed by atoms with Gasteiger partial charge in [-0.3, -0.25) is 14.9 Å². The summed E-state index contributed by atoms with van der Waals surface area (Å²) in [5.74, 6) is -1.53. The summed E-state index contributed by atoms with van der Waals surface area (Å²) in [6.07, 6.45) is -0.923. The Bertz CT molecular complexity index is 666. The van der Waals surface area contributed by atoms with Crippen molar-refractivity contribution in [3.8, 4) is 5.75 Å². The molecular formula is C16H19NO6. The summed E-state index contributed by atoms with van der Waals surface area (Å²) < 4.78 is 5.08. The smallest absolute Gasteiger partial charge is 0.412 e. The lowest BCUT2D eigenvalue weighted by atomic mass is 9.63. The van der Waals surface area contributed by atoms with E-state index in [9.17, 15) is 24.6 Å². The number of Topliss-reactive ketones (excluding diaryl/α,β-unsaturated/α-hetero) is 1. The summed E-state index contributed by atoms with van der Waals surface area (Å²) in [5.41, 5.74) is -1.54. The van der Waals surface area contributed by atoms with Gasteiger partial charge in [0, 0.05) is 12.8 Å². The van der Waals surface area contributed by atoms with Gasteiger partial charge in [0.2, 0.25) is 0 Å². The van der Waals surface area contributed by atoms with Gasteiger partial charge in [0.05, 0.1) is 5.69 Å². The van der Waals surface area contributed by atoms with Crippen molar-refractivity contribution < 1.29 is 29.3 Å². The number of hydrogen-bond donors (Lipinski definition) is 3. The first kappa shape index (κ1) is 16.8. The Labute approximate surface area is 133 Å². The number of amides is 1. The SMILES string of the molecule is CC(C)(C)OC(=O)Nc1ccc(C2(C(=O)O)CC(=O)C2)cc1O. The molecule has 1 aliphatic carbocycles. The number of benzene rings is 1.